The van der Waals surface area contributed by atoms with Gasteiger partial charge < -0.3 is 20.1 Å². The summed E-state index contributed by atoms with van der Waals surface area (Å²) in [4.78, 5) is 6.28. The number of hydrogen-bond donors (Lipinski definition) is 1. The van der Waals surface area contributed by atoms with Gasteiger partial charge in [-0.3, -0.25) is 0 Å². The lowest BCUT2D eigenvalue weighted by atomic mass is 10.2. The SMILES string of the molecule is CCOc1cc(CN=C(N)N(C)C2CC2)ccc1OC(F)F.I. The monoisotopic (exact) mass is 441 g/mol. The first kappa shape index (κ1) is 19.7. The highest BCUT2D eigenvalue weighted by atomic mass is 127. The van der Waals surface area contributed by atoms with Crippen molar-refractivity contribution < 1.29 is 18.3 Å². The molecule has 0 bridgehead atoms. The van der Waals surface area contributed by atoms with Crippen LogP contribution in [0.1, 0.15) is 25.3 Å². The van der Waals surface area contributed by atoms with Gasteiger partial charge in [-0.05, 0) is 37.5 Å². The molecule has 0 aliphatic heterocycles. The highest BCUT2D eigenvalue weighted by molar-refractivity contribution is 14.0. The average Bonchev–Trinajstić information content (AvgIpc) is 3.30. The van der Waals surface area contributed by atoms with E-state index >= 15 is 0 Å². The van der Waals surface area contributed by atoms with Gasteiger partial charge in [0.05, 0.1) is 13.2 Å². The minimum absolute atomic E-state index is 0. The van der Waals surface area contributed by atoms with E-state index in [1.165, 1.54) is 6.07 Å². The maximum atomic E-state index is 12.3. The highest BCUT2D eigenvalue weighted by Gasteiger charge is 2.27. The number of halogens is 3. The van der Waals surface area contributed by atoms with Gasteiger partial charge in [0.2, 0.25) is 0 Å². The third-order valence-corrected chi connectivity index (χ3v) is 3.40. The predicted octanol–water partition coefficient (Wildman–Crippen LogP) is 3.21. The Balaban J connectivity index is 0.00000264. The molecular formula is C15H22F2IN3O2. The topological polar surface area (TPSA) is 60.1 Å². The van der Waals surface area contributed by atoms with E-state index in [9.17, 15) is 8.78 Å². The van der Waals surface area contributed by atoms with Crippen molar-refractivity contribution in [2.75, 3.05) is 13.7 Å². The van der Waals surface area contributed by atoms with E-state index in [1.54, 1.807) is 19.1 Å². The van der Waals surface area contributed by atoms with Gasteiger partial charge in [-0.15, -0.1) is 24.0 Å². The molecule has 0 spiro atoms. The maximum absolute atomic E-state index is 12.3. The number of guanidine groups is 1. The third kappa shape index (κ3) is 6.00. The Kier molecular flexibility index (Phi) is 7.80. The van der Waals surface area contributed by atoms with Crippen LogP contribution in [0.5, 0.6) is 11.5 Å². The summed E-state index contributed by atoms with van der Waals surface area (Å²) in [7, 11) is 1.92. The van der Waals surface area contributed by atoms with E-state index in [4.69, 9.17) is 10.5 Å². The second-order valence-electron chi connectivity index (χ2n) is 5.11. The molecule has 2 N–H and O–H groups in total. The molecule has 1 fully saturated rings. The van der Waals surface area contributed by atoms with Crippen molar-refractivity contribution in [3.8, 4) is 11.5 Å². The zero-order chi connectivity index (χ0) is 16.1. The number of alkyl halides is 2. The first-order valence-corrected chi connectivity index (χ1v) is 7.24. The van der Waals surface area contributed by atoms with Crippen LogP contribution in [0.2, 0.25) is 0 Å². The molecule has 2 rings (SSSR count). The molecule has 23 heavy (non-hydrogen) atoms. The fourth-order valence-electron chi connectivity index (χ4n) is 2.05. The summed E-state index contributed by atoms with van der Waals surface area (Å²) in [5.41, 5.74) is 6.74. The van der Waals surface area contributed by atoms with Crippen molar-refractivity contribution in [1.29, 1.82) is 0 Å². The van der Waals surface area contributed by atoms with Crippen molar-refractivity contribution in [1.82, 2.24) is 4.90 Å². The summed E-state index contributed by atoms with van der Waals surface area (Å²) in [6.07, 6.45) is 2.28. The summed E-state index contributed by atoms with van der Waals surface area (Å²) >= 11 is 0. The molecular weight excluding hydrogens is 419 g/mol. The summed E-state index contributed by atoms with van der Waals surface area (Å²) in [6, 6.07) is 5.27. The lowest BCUT2D eigenvalue weighted by Crippen LogP contribution is -2.35. The summed E-state index contributed by atoms with van der Waals surface area (Å²) in [5.74, 6) is 0.783. The molecule has 0 amide bonds. The zero-order valence-corrected chi connectivity index (χ0v) is 15.5. The van der Waals surface area contributed by atoms with E-state index in [-0.39, 0.29) is 35.5 Å². The van der Waals surface area contributed by atoms with Gasteiger partial charge in [-0.1, -0.05) is 6.07 Å². The van der Waals surface area contributed by atoms with Gasteiger partial charge in [0, 0.05) is 13.1 Å². The quantitative estimate of drug-likeness (QED) is 0.401. The Morgan fingerprint density at radius 2 is 2.09 bits per heavy atom. The molecule has 1 aliphatic carbocycles. The van der Waals surface area contributed by atoms with Crippen molar-refractivity contribution in [3.05, 3.63) is 23.8 Å². The van der Waals surface area contributed by atoms with Crippen LogP contribution in [0.4, 0.5) is 8.78 Å². The highest BCUT2D eigenvalue weighted by Crippen LogP contribution is 2.30. The Morgan fingerprint density at radius 1 is 1.39 bits per heavy atom. The average molecular weight is 441 g/mol. The second kappa shape index (κ2) is 9.09. The van der Waals surface area contributed by atoms with Crippen molar-refractivity contribution >= 4 is 29.9 Å². The molecule has 0 saturated heterocycles. The normalized spacial score (nSPS) is 14.4. The van der Waals surface area contributed by atoms with Crippen LogP contribution in [0.25, 0.3) is 0 Å². The Bertz CT molecular complexity index is 539. The van der Waals surface area contributed by atoms with Gasteiger partial charge in [-0.25, -0.2) is 4.99 Å². The zero-order valence-electron chi connectivity index (χ0n) is 13.2. The van der Waals surface area contributed by atoms with E-state index in [0.29, 0.717) is 25.2 Å². The third-order valence-electron chi connectivity index (χ3n) is 3.40. The molecule has 0 unspecified atom stereocenters. The number of hydrogen-bond acceptors (Lipinski definition) is 3. The fourth-order valence-corrected chi connectivity index (χ4v) is 2.05. The van der Waals surface area contributed by atoms with Gasteiger partial charge >= 0.3 is 6.61 Å². The first-order valence-electron chi connectivity index (χ1n) is 7.24. The lowest BCUT2D eigenvalue weighted by Gasteiger charge is -2.17. The van der Waals surface area contributed by atoms with E-state index < -0.39 is 6.61 Å². The molecule has 1 aromatic rings. The van der Waals surface area contributed by atoms with Gasteiger partial charge in [0.15, 0.2) is 17.5 Å². The van der Waals surface area contributed by atoms with Crippen LogP contribution in [-0.2, 0) is 6.54 Å². The van der Waals surface area contributed by atoms with Crippen molar-refractivity contribution in [3.63, 3.8) is 0 Å². The van der Waals surface area contributed by atoms with Crippen LogP contribution >= 0.6 is 24.0 Å². The minimum Gasteiger partial charge on any atom is -0.490 e. The minimum atomic E-state index is -2.88. The predicted molar refractivity (Wildman–Crippen MR) is 95.8 cm³/mol. The smallest absolute Gasteiger partial charge is 0.387 e. The Morgan fingerprint density at radius 3 is 2.65 bits per heavy atom. The van der Waals surface area contributed by atoms with Crippen LogP contribution in [0.3, 0.4) is 0 Å². The number of rotatable bonds is 7. The van der Waals surface area contributed by atoms with E-state index in [0.717, 1.165) is 18.4 Å². The van der Waals surface area contributed by atoms with Crippen LogP contribution in [0.15, 0.2) is 23.2 Å². The van der Waals surface area contributed by atoms with E-state index in [2.05, 4.69) is 9.73 Å². The summed E-state index contributed by atoms with van der Waals surface area (Å²) < 4.78 is 34.4. The maximum Gasteiger partial charge on any atom is 0.387 e. The van der Waals surface area contributed by atoms with Crippen LogP contribution in [-0.4, -0.2) is 37.2 Å². The Labute approximate surface area is 151 Å². The summed E-state index contributed by atoms with van der Waals surface area (Å²) in [6.45, 7) is -0.387. The molecule has 1 aromatic carbocycles. The van der Waals surface area contributed by atoms with Crippen LogP contribution in [0, 0.1) is 0 Å². The van der Waals surface area contributed by atoms with Gasteiger partial charge in [-0.2, -0.15) is 8.78 Å². The van der Waals surface area contributed by atoms with E-state index in [1.807, 2.05) is 11.9 Å². The number of ether oxygens (including phenoxy) is 2. The molecule has 1 aliphatic rings. The number of benzene rings is 1. The molecule has 0 aromatic heterocycles. The van der Waals surface area contributed by atoms with Crippen LogP contribution < -0.4 is 15.2 Å². The van der Waals surface area contributed by atoms with Crippen molar-refractivity contribution in [2.45, 2.75) is 39.0 Å². The molecule has 1 saturated carbocycles. The Hall–Kier alpha value is -1.32. The van der Waals surface area contributed by atoms with Crippen molar-refractivity contribution in [2.24, 2.45) is 10.7 Å². The molecule has 130 valence electrons. The lowest BCUT2D eigenvalue weighted by molar-refractivity contribution is -0.0514. The second-order valence-corrected chi connectivity index (χ2v) is 5.11. The first-order chi connectivity index (χ1) is 10.5. The number of nitrogens with two attached hydrogens (primary N) is 1. The van der Waals surface area contributed by atoms with Gasteiger partial charge in [0.25, 0.3) is 0 Å². The molecule has 0 radical (unpaired) electrons. The fraction of sp³-hybridized carbons (Fsp3) is 0.533. The van der Waals surface area contributed by atoms with Gasteiger partial charge in [0.1, 0.15) is 0 Å². The standard InChI is InChI=1S/C15H21F2N3O2.HI/c1-3-21-13-8-10(4-7-12(13)22-14(16)17)9-19-15(18)20(2)11-5-6-11;/h4,7-8,11,14H,3,5-6,9H2,1-2H3,(H2,18,19);1H. The number of nitrogens with zero attached hydrogens (tertiary/aromatic N) is 2. The summed E-state index contributed by atoms with van der Waals surface area (Å²) in [5, 5.41) is 0. The number of aliphatic imine (C=N–C) groups is 1. The molecule has 8 heteroatoms. The molecule has 0 atom stereocenters. The molecule has 5 nitrogen and oxygen atoms in total. The molecule has 0 heterocycles. The largest absolute Gasteiger partial charge is 0.490 e.